The standard InChI is InChI=1S/C17H32O2/c1-15-7-9-16(10-8-15)18-13-6-14-19-17(2)11-4-3-5-12-17/h15-16H,3-14H2,1-2H3. The lowest BCUT2D eigenvalue weighted by molar-refractivity contribution is -0.0675. The summed E-state index contributed by atoms with van der Waals surface area (Å²) in [4.78, 5) is 0. The highest BCUT2D eigenvalue weighted by Crippen LogP contribution is 2.31. The molecule has 2 nitrogen and oxygen atoms in total. The van der Waals surface area contributed by atoms with E-state index in [1.165, 1.54) is 57.8 Å². The van der Waals surface area contributed by atoms with Crippen LogP contribution in [0, 0.1) is 5.92 Å². The van der Waals surface area contributed by atoms with Gasteiger partial charge in [-0.3, -0.25) is 0 Å². The van der Waals surface area contributed by atoms with Crippen LogP contribution in [0.15, 0.2) is 0 Å². The highest BCUT2D eigenvalue weighted by molar-refractivity contribution is 4.79. The second kappa shape index (κ2) is 7.64. The smallest absolute Gasteiger partial charge is 0.0654 e. The molecule has 0 aromatic heterocycles. The van der Waals surface area contributed by atoms with E-state index in [1.54, 1.807) is 0 Å². The molecule has 112 valence electrons. The van der Waals surface area contributed by atoms with Crippen molar-refractivity contribution in [1.29, 1.82) is 0 Å². The van der Waals surface area contributed by atoms with Crippen LogP contribution in [0.5, 0.6) is 0 Å². The number of hydrogen-bond acceptors (Lipinski definition) is 2. The van der Waals surface area contributed by atoms with Crippen molar-refractivity contribution in [3.05, 3.63) is 0 Å². The molecule has 0 amide bonds. The van der Waals surface area contributed by atoms with E-state index in [0.717, 1.165) is 25.6 Å². The van der Waals surface area contributed by atoms with Crippen molar-refractivity contribution in [2.75, 3.05) is 13.2 Å². The maximum Gasteiger partial charge on any atom is 0.0654 e. The van der Waals surface area contributed by atoms with Crippen molar-refractivity contribution in [2.45, 2.75) is 89.8 Å². The molecule has 0 radical (unpaired) electrons. The molecule has 2 aliphatic rings. The number of hydrogen-bond donors (Lipinski definition) is 0. The molecule has 19 heavy (non-hydrogen) atoms. The fourth-order valence-corrected chi connectivity index (χ4v) is 3.47. The molecule has 2 saturated carbocycles. The molecular formula is C17H32O2. The van der Waals surface area contributed by atoms with E-state index >= 15 is 0 Å². The van der Waals surface area contributed by atoms with Gasteiger partial charge < -0.3 is 9.47 Å². The normalized spacial score (nSPS) is 31.3. The van der Waals surface area contributed by atoms with Gasteiger partial charge in [0.2, 0.25) is 0 Å². The molecule has 0 atom stereocenters. The maximum absolute atomic E-state index is 6.10. The van der Waals surface area contributed by atoms with Crippen molar-refractivity contribution in [3.8, 4) is 0 Å². The molecular weight excluding hydrogens is 236 g/mol. The Hall–Kier alpha value is -0.0800. The van der Waals surface area contributed by atoms with Crippen molar-refractivity contribution >= 4 is 0 Å². The lowest BCUT2D eigenvalue weighted by Gasteiger charge is -2.33. The van der Waals surface area contributed by atoms with Gasteiger partial charge in [0.05, 0.1) is 11.7 Å². The fraction of sp³-hybridized carbons (Fsp3) is 1.00. The van der Waals surface area contributed by atoms with Gasteiger partial charge in [0.25, 0.3) is 0 Å². The van der Waals surface area contributed by atoms with E-state index in [0.29, 0.717) is 6.10 Å². The van der Waals surface area contributed by atoms with E-state index in [-0.39, 0.29) is 5.60 Å². The molecule has 0 bridgehead atoms. The highest BCUT2D eigenvalue weighted by Gasteiger charge is 2.27. The zero-order chi connectivity index (χ0) is 13.6. The third-order valence-corrected chi connectivity index (χ3v) is 4.97. The molecule has 0 heterocycles. The summed E-state index contributed by atoms with van der Waals surface area (Å²) in [5.74, 6) is 0.912. The zero-order valence-electron chi connectivity index (χ0n) is 13.0. The van der Waals surface area contributed by atoms with Crippen LogP contribution in [-0.2, 0) is 9.47 Å². The van der Waals surface area contributed by atoms with Crippen LogP contribution in [0.3, 0.4) is 0 Å². The van der Waals surface area contributed by atoms with Crippen LogP contribution in [-0.4, -0.2) is 24.9 Å². The molecule has 0 N–H and O–H groups in total. The Morgan fingerprint density at radius 3 is 2.32 bits per heavy atom. The Morgan fingerprint density at radius 2 is 1.63 bits per heavy atom. The summed E-state index contributed by atoms with van der Waals surface area (Å²) in [5, 5.41) is 0. The third-order valence-electron chi connectivity index (χ3n) is 4.97. The van der Waals surface area contributed by atoms with Crippen LogP contribution in [0.1, 0.15) is 78.1 Å². The average molecular weight is 268 g/mol. The van der Waals surface area contributed by atoms with Crippen LogP contribution < -0.4 is 0 Å². The fourth-order valence-electron chi connectivity index (χ4n) is 3.47. The lowest BCUT2D eigenvalue weighted by Crippen LogP contribution is -2.32. The minimum absolute atomic E-state index is 0.165. The van der Waals surface area contributed by atoms with Gasteiger partial charge in [0, 0.05) is 13.2 Å². The lowest BCUT2D eigenvalue weighted by atomic mass is 9.86. The average Bonchev–Trinajstić information content (AvgIpc) is 2.41. The summed E-state index contributed by atoms with van der Waals surface area (Å²) in [5.41, 5.74) is 0.165. The molecule has 0 aliphatic heterocycles. The maximum atomic E-state index is 6.10. The van der Waals surface area contributed by atoms with Crippen molar-refractivity contribution in [3.63, 3.8) is 0 Å². The van der Waals surface area contributed by atoms with Gasteiger partial charge in [-0.05, 0) is 57.8 Å². The summed E-state index contributed by atoms with van der Waals surface area (Å²) in [6, 6.07) is 0. The first-order valence-corrected chi connectivity index (χ1v) is 8.43. The summed E-state index contributed by atoms with van der Waals surface area (Å²) in [7, 11) is 0. The summed E-state index contributed by atoms with van der Waals surface area (Å²) in [6.07, 6.45) is 13.4. The SMILES string of the molecule is CC1CCC(OCCCOC2(C)CCCCC2)CC1. The van der Waals surface area contributed by atoms with Gasteiger partial charge in [-0.1, -0.05) is 26.2 Å². The van der Waals surface area contributed by atoms with E-state index in [2.05, 4.69) is 13.8 Å². The van der Waals surface area contributed by atoms with Crippen molar-refractivity contribution in [1.82, 2.24) is 0 Å². The third kappa shape index (κ3) is 5.43. The van der Waals surface area contributed by atoms with Gasteiger partial charge >= 0.3 is 0 Å². The zero-order valence-corrected chi connectivity index (χ0v) is 13.0. The molecule has 0 unspecified atom stereocenters. The molecule has 0 spiro atoms. The second-order valence-electron chi connectivity index (χ2n) is 6.97. The van der Waals surface area contributed by atoms with Gasteiger partial charge in [0.15, 0.2) is 0 Å². The molecule has 2 heteroatoms. The first kappa shape index (κ1) is 15.3. The largest absolute Gasteiger partial charge is 0.378 e. The Labute approximate surface area is 119 Å². The van der Waals surface area contributed by atoms with Crippen molar-refractivity contribution < 1.29 is 9.47 Å². The minimum atomic E-state index is 0.165. The van der Waals surface area contributed by atoms with Crippen molar-refractivity contribution in [2.24, 2.45) is 5.92 Å². The quantitative estimate of drug-likeness (QED) is 0.649. The predicted molar refractivity (Wildman–Crippen MR) is 79.4 cm³/mol. The molecule has 2 aliphatic carbocycles. The summed E-state index contributed by atoms with van der Waals surface area (Å²) in [6.45, 7) is 6.40. The summed E-state index contributed by atoms with van der Waals surface area (Å²) >= 11 is 0. The first-order valence-electron chi connectivity index (χ1n) is 8.43. The Bertz CT molecular complexity index is 238. The predicted octanol–water partition coefficient (Wildman–Crippen LogP) is 4.71. The molecule has 0 aromatic carbocycles. The highest BCUT2D eigenvalue weighted by atomic mass is 16.5. The Kier molecular flexibility index (Phi) is 6.15. The topological polar surface area (TPSA) is 18.5 Å². The number of ether oxygens (including phenoxy) is 2. The van der Waals surface area contributed by atoms with Gasteiger partial charge in [-0.25, -0.2) is 0 Å². The first-order chi connectivity index (χ1) is 9.18. The molecule has 2 fully saturated rings. The van der Waals surface area contributed by atoms with E-state index in [4.69, 9.17) is 9.47 Å². The van der Waals surface area contributed by atoms with Crippen LogP contribution >= 0.6 is 0 Å². The number of rotatable bonds is 6. The van der Waals surface area contributed by atoms with Gasteiger partial charge in [-0.15, -0.1) is 0 Å². The molecule has 2 rings (SSSR count). The van der Waals surface area contributed by atoms with Gasteiger partial charge in [0.1, 0.15) is 0 Å². The monoisotopic (exact) mass is 268 g/mol. The van der Waals surface area contributed by atoms with E-state index < -0.39 is 0 Å². The summed E-state index contributed by atoms with van der Waals surface area (Å²) < 4.78 is 12.1. The van der Waals surface area contributed by atoms with Crippen LogP contribution in [0.25, 0.3) is 0 Å². The Balaban J connectivity index is 1.50. The second-order valence-corrected chi connectivity index (χ2v) is 6.97. The Morgan fingerprint density at radius 1 is 0.947 bits per heavy atom. The molecule has 0 aromatic rings. The van der Waals surface area contributed by atoms with E-state index in [1.807, 2.05) is 0 Å². The van der Waals surface area contributed by atoms with Crippen LogP contribution in [0.4, 0.5) is 0 Å². The minimum Gasteiger partial charge on any atom is -0.378 e. The van der Waals surface area contributed by atoms with Crippen LogP contribution in [0.2, 0.25) is 0 Å². The van der Waals surface area contributed by atoms with Gasteiger partial charge in [-0.2, -0.15) is 0 Å². The molecule has 0 saturated heterocycles. The van der Waals surface area contributed by atoms with E-state index in [9.17, 15) is 0 Å².